The topological polar surface area (TPSA) is 32.5 Å². The van der Waals surface area contributed by atoms with E-state index >= 15 is 0 Å². The van der Waals surface area contributed by atoms with Crippen LogP contribution < -0.4 is 5.73 Å². The lowest BCUT2D eigenvalue weighted by Gasteiger charge is -2.43. The van der Waals surface area contributed by atoms with Crippen molar-refractivity contribution >= 4 is 0 Å². The van der Waals surface area contributed by atoms with E-state index in [9.17, 15) is 0 Å². The predicted molar refractivity (Wildman–Crippen MR) is 81.2 cm³/mol. The number of nitrogens with two attached hydrogens (primary N) is 1. The molecule has 1 aromatic carbocycles. The molecule has 0 saturated carbocycles. The smallest absolute Gasteiger partial charge is 0.0424 e. The van der Waals surface area contributed by atoms with Crippen molar-refractivity contribution in [3.8, 4) is 0 Å². The summed E-state index contributed by atoms with van der Waals surface area (Å²) in [5.41, 5.74) is 8.90. The Bertz CT molecular complexity index is 406. The second-order valence-corrected chi connectivity index (χ2v) is 6.10. The zero-order valence-electron chi connectivity index (χ0n) is 12.6. The third kappa shape index (κ3) is 3.56. The highest BCUT2D eigenvalue weighted by Gasteiger charge is 2.27. The van der Waals surface area contributed by atoms with Gasteiger partial charge in [0.2, 0.25) is 0 Å². The molecule has 1 aromatic rings. The van der Waals surface area contributed by atoms with Gasteiger partial charge < -0.3 is 5.73 Å². The fourth-order valence-electron chi connectivity index (χ4n) is 2.95. The molecule has 106 valence electrons. The number of hydrogen-bond donors (Lipinski definition) is 1. The van der Waals surface area contributed by atoms with Crippen molar-refractivity contribution < 1.29 is 0 Å². The van der Waals surface area contributed by atoms with Gasteiger partial charge in [-0.15, -0.1) is 0 Å². The van der Waals surface area contributed by atoms with Gasteiger partial charge in [0.25, 0.3) is 0 Å². The summed E-state index contributed by atoms with van der Waals surface area (Å²) in [7, 11) is 2.22. The SMILES string of the molecule is Cc1cccc(C(N)CN2CC(C)N(C)C(C)C2)c1. The Hall–Kier alpha value is -0.900. The maximum absolute atomic E-state index is 6.36. The van der Waals surface area contributed by atoms with Crippen LogP contribution in [-0.4, -0.2) is 48.6 Å². The lowest BCUT2D eigenvalue weighted by atomic mass is 10.0. The van der Waals surface area contributed by atoms with Crippen LogP contribution in [0.4, 0.5) is 0 Å². The van der Waals surface area contributed by atoms with Gasteiger partial charge in [-0.05, 0) is 33.4 Å². The number of piperazine rings is 1. The number of likely N-dealkylation sites (N-methyl/N-ethyl adjacent to an activating group) is 1. The first kappa shape index (κ1) is 14.5. The van der Waals surface area contributed by atoms with Crippen molar-refractivity contribution in [1.29, 1.82) is 0 Å². The molecular weight excluding hydrogens is 234 g/mol. The van der Waals surface area contributed by atoms with Crippen molar-refractivity contribution in [2.45, 2.75) is 38.9 Å². The lowest BCUT2D eigenvalue weighted by molar-refractivity contribution is 0.0566. The first-order chi connectivity index (χ1) is 8.97. The molecule has 2 rings (SSSR count). The second kappa shape index (κ2) is 6.04. The minimum absolute atomic E-state index is 0.114. The summed E-state index contributed by atoms with van der Waals surface area (Å²) >= 11 is 0. The van der Waals surface area contributed by atoms with Crippen LogP contribution in [0.2, 0.25) is 0 Å². The van der Waals surface area contributed by atoms with E-state index in [-0.39, 0.29) is 6.04 Å². The summed E-state index contributed by atoms with van der Waals surface area (Å²) in [5, 5.41) is 0. The van der Waals surface area contributed by atoms with Crippen LogP contribution in [0.5, 0.6) is 0 Å². The molecule has 2 N–H and O–H groups in total. The van der Waals surface area contributed by atoms with Crippen molar-refractivity contribution in [1.82, 2.24) is 9.80 Å². The minimum atomic E-state index is 0.114. The Morgan fingerprint density at radius 3 is 2.47 bits per heavy atom. The van der Waals surface area contributed by atoms with Crippen LogP contribution in [0.15, 0.2) is 24.3 Å². The van der Waals surface area contributed by atoms with Gasteiger partial charge in [-0.1, -0.05) is 29.8 Å². The summed E-state index contributed by atoms with van der Waals surface area (Å²) in [4.78, 5) is 4.96. The Balaban J connectivity index is 1.97. The molecule has 3 heteroatoms. The third-order valence-corrected chi connectivity index (χ3v) is 4.36. The van der Waals surface area contributed by atoms with Crippen LogP contribution in [0.25, 0.3) is 0 Å². The molecule has 0 radical (unpaired) electrons. The van der Waals surface area contributed by atoms with Crippen LogP contribution in [0, 0.1) is 6.92 Å². The first-order valence-electron chi connectivity index (χ1n) is 7.24. The molecule has 1 saturated heterocycles. The van der Waals surface area contributed by atoms with E-state index in [1.165, 1.54) is 11.1 Å². The molecule has 3 nitrogen and oxygen atoms in total. The fraction of sp³-hybridized carbons (Fsp3) is 0.625. The highest BCUT2D eigenvalue weighted by Crippen LogP contribution is 2.18. The normalized spacial score (nSPS) is 27.4. The Labute approximate surface area is 117 Å². The number of rotatable bonds is 3. The van der Waals surface area contributed by atoms with Crippen LogP contribution in [0.1, 0.15) is 31.0 Å². The van der Waals surface area contributed by atoms with Gasteiger partial charge in [-0.2, -0.15) is 0 Å². The van der Waals surface area contributed by atoms with Crippen LogP contribution in [0.3, 0.4) is 0 Å². The molecule has 0 bridgehead atoms. The summed E-state index contributed by atoms with van der Waals surface area (Å²) in [6, 6.07) is 9.88. The quantitative estimate of drug-likeness (QED) is 0.903. The largest absolute Gasteiger partial charge is 0.323 e. The first-order valence-corrected chi connectivity index (χ1v) is 7.24. The van der Waals surface area contributed by atoms with E-state index in [1.54, 1.807) is 0 Å². The third-order valence-electron chi connectivity index (χ3n) is 4.36. The van der Waals surface area contributed by atoms with E-state index in [1.807, 2.05) is 0 Å². The molecule has 1 heterocycles. The summed E-state index contributed by atoms with van der Waals surface area (Å²) in [5.74, 6) is 0. The molecule has 0 aromatic heterocycles. The van der Waals surface area contributed by atoms with Crippen molar-refractivity contribution in [3.05, 3.63) is 35.4 Å². The number of nitrogens with zero attached hydrogens (tertiary/aromatic N) is 2. The maximum Gasteiger partial charge on any atom is 0.0424 e. The summed E-state index contributed by atoms with van der Waals surface area (Å²) < 4.78 is 0. The van der Waals surface area contributed by atoms with Gasteiger partial charge in [-0.25, -0.2) is 0 Å². The number of aryl methyl sites for hydroxylation is 1. The molecular formula is C16H27N3. The molecule has 1 fully saturated rings. The molecule has 0 spiro atoms. The average molecular weight is 261 g/mol. The molecule has 1 aliphatic rings. The van der Waals surface area contributed by atoms with Gasteiger partial charge in [0.05, 0.1) is 0 Å². The van der Waals surface area contributed by atoms with Gasteiger partial charge in [0.1, 0.15) is 0 Å². The fourth-order valence-corrected chi connectivity index (χ4v) is 2.95. The van der Waals surface area contributed by atoms with E-state index in [0.29, 0.717) is 12.1 Å². The number of benzene rings is 1. The van der Waals surface area contributed by atoms with Gasteiger partial charge >= 0.3 is 0 Å². The minimum Gasteiger partial charge on any atom is -0.323 e. The predicted octanol–water partition coefficient (Wildman–Crippen LogP) is 2.02. The van der Waals surface area contributed by atoms with Crippen LogP contribution in [-0.2, 0) is 0 Å². The zero-order valence-corrected chi connectivity index (χ0v) is 12.6. The summed E-state index contributed by atoms with van der Waals surface area (Å²) in [6.45, 7) is 9.88. The molecule has 3 unspecified atom stereocenters. The standard InChI is InChI=1S/C16H27N3/c1-12-6-5-7-15(8-12)16(17)11-19-9-13(2)18(4)14(3)10-19/h5-8,13-14,16H,9-11,17H2,1-4H3. The zero-order chi connectivity index (χ0) is 14.0. The monoisotopic (exact) mass is 261 g/mol. The highest BCUT2D eigenvalue weighted by molar-refractivity contribution is 5.25. The average Bonchev–Trinajstić information content (AvgIpc) is 2.36. The molecule has 0 amide bonds. The Morgan fingerprint density at radius 2 is 1.89 bits per heavy atom. The van der Waals surface area contributed by atoms with E-state index in [2.05, 4.69) is 61.9 Å². The maximum atomic E-state index is 6.36. The van der Waals surface area contributed by atoms with E-state index in [4.69, 9.17) is 5.73 Å². The molecule has 19 heavy (non-hydrogen) atoms. The molecule has 1 aliphatic heterocycles. The molecule has 0 aliphatic carbocycles. The highest BCUT2D eigenvalue weighted by atomic mass is 15.3. The second-order valence-electron chi connectivity index (χ2n) is 6.10. The Kier molecular flexibility index (Phi) is 4.61. The van der Waals surface area contributed by atoms with Gasteiger partial charge in [0, 0.05) is 37.8 Å². The Morgan fingerprint density at radius 1 is 1.26 bits per heavy atom. The molecule has 3 atom stereocenters. The van der Waals surface area contributed by atoms with E-state index < -0.39 is 0 Å². The van der Waals surface area contributed by atoms with Crippen LogP contribution >= 0.6 is 0 Å². The van der Waals surface area contributed by atoms with Crippen molar-refractivity contribution in [2.24, 2.45) is 5.73 Å². The van der Waals surface area contributed by atoms with Crippen molar-refractivity contribution in [2.75, 3.05) is 26.7 Å². The lowest BCUT2D eigenvalue weighted by Crippen LogP contribution is -2.55. The van der Waals surface area contributed by atoms with Gasteiger partial charge in [0.15, 0.2) is 0 Å². The summed E-state index contributed by atoms with van der Waals surface area (Å²) in [6.07, 6.45) is 0. The van der Waals surface area contributed by atoms with Gasteiger partial charge in [-0.3, -0.25) is 9.80 Å². The van der Waals surface area contributed by atoms with E-state index in [0.717, 1.165) is 19.6 Å². The number of hydrogen-bond acceptors (Lipinski definition) is 3. The van der Waals surface area contributed by atoms with Crippen molar-refractivity contribution in [3.63, 3.8) is 0 Å².